The van der Waals surface area contributed by atoms with Gasteiger partial charge in [0.15, 0.2) is 12.4 Å². The van der Waals surface area contributed by atoms with Crippen LogP contribution in [0.4, 0.5) is 0 Å². The van der Waals surface area contributed by atoms with Gasteiger partial charge in [0.2, 0.25) is 0 Å². The molecule has 1 atom stereocenters. The number of carbonyl (C=O) groups is 1. The van der Waals surface area contributed by atoms with E-state index < -0.39 is 5.41 Å². The zero-order chi connectivity index (χ0) is 22.7. The minimum absolute atomic E-state index is 0.0862. The Hall–Kier alpha value is -3.21. The van der Waals surface area contributed by atoms with E-state index in [9.17, 15) is 10.1 Å². The summed E-state index contributed by atoms with van der Waals surface area (Å²) in [4.78, 5) is 12.1. The minimum Gasteiger partial charge on any atom is -0.443 e. The SMILES string of the molecule is CC(C)(C)C(=O)OCn1ccc2c(-c3cnn(C(CC#N)C4CCCCC4)c3)cnnc21. The van der Waals surface area contributed by atoms with Crippen LogP contribution >= 0.6 is 0 Å². The van der Waals surface area contributed by atoms with E-state index in [0.29, 0.717) is 18.0 Å². The lowest BCUT2D eigenvalue weighted by Crippen LogP contribution is -2.23. The van der Waals surface area contributed by atoms with Crippen molar-refractivity contribution in [2.75, 3.05) is 0 Å². The van der Waals surface area contributed by atoms with Crippen molar-refractivity contribution in [3.8, 4) is 17.2 Å². The van der Waals surface area contributed by atoms with Gasteiger partial charge >= 0.3 is 5.97 Å². The summed E-state index contributed by atoms with van der Waals surface area (Å²) >= 11 is 0. The Bertz CT molecular complexity index is 1130. The van der Waals surface area contributed by atoms with Crippen molar-refractivity contribution < 1.29 is 9.53 Å². The van der Waals surface area contributed by atoms with Gasteiger partial charge in [-0.05, 0) is 45.6 Å². The third kappa shape index (κ3) is 4.52. The molecule has 0 saturated heterocycles. The monoisotopic (exact) mass is 434 g/mol. The first-order valence-electron chi connectivity index (χ1n) is 11.3. The number of fused-ring (bicyclic) bond motifs is 1. The topological polar surface area (TPSA) is 98.6 Å². The molecule has 0 N–H and O–H groups in total. The largest absolute Gasteiger partial charge is 0.443 e. The van der Waals surface area contributed by atoms with Crippen molar-refractivity contribution in [3.63, 3.8) is 0 Å². The van der Waals surface area contributed by atoms with E-state index in [1.807, 2.05) is 50.1 Å². The van der Waals surface area contributed by atoms with Gasteiger partial charge in [0.05, 0.1) is 36.3 Å². The first-order chi connectivity index (χ1) is 15.4. The van der Waals surface area contributed by atoms with Crippen LogP contribution in [0.15, 0.2) is 30.9 Å². The number of rotatable bonds is 6. The Labute approximate surface area is 188 Å². The number of hydrogen-bond donors (Lipinski definition) is 0. The molecule has 1 aliphatic carbocycles. The Morgan fingerprint density at radius 1 is 1.28 bits per heavy atom. The van der Waals surface area contributed by atoms with Crippen LogP contribution in [0.2, 0.25) is 0 Å². The summed E-state index contributed by atoms with van der Waals surface area (Å²) in [5, 5.41) is 23.4. The lowest BCUT2D eigenvalue weighted by Gasteiger charge is -2.29. The van der Waals surface area contributed by atoms with Crippen molar-refractivity contribution in [1.29, 1.82) is 5.26 Å². The Kier molecular flexibility index (Phi) is 6.26. The van der Waals surface area contributed by atoms with Gasteiger partial charge in [-0.3, -0.25) is 14.0 Å². The van der Waals surface area contributed by atoms with Gasteiger partial charge in [-0.25, -0.2) is 0 Å². The molecule has 0 bridgehead atoms. The molecule has 3 heterocycles. The smallest absolute Gasteiger partial charge is 0.312 e. The minimum atomic E-state index is -0.563. The van der Waals surface area contributed by atoms with Crippen LogP contribution in [0.5, 0.6) is 0 Å². The number of hydrogen-bond acceptors (Lipinski definition) is 6. The molecular formula is C24H30N6O2. The first-order valence-corrected chi connectivity index (χ1v) is 11.3. The van der Waals surface area contributed by atoms with E-state index >= 15 is 0 Å². The van der Waals surface area contributed by atoms with Crippen LogP contribution in [0.1, 0.15) is 65.3 Å². The van der Waals surface area contributed by atoms with Gasteiger partial charge < -0.3 is 4.74 Å². The fraction of sp³-hybridized carbons (Fsp3) is 0.542. The molecule has 1 unspecified atom stereocenters. The predicted octanol–water partition coefficient (Wildman–Crippen LogP) is 4.88. The average molecular weight is 435 g/mol. The van der Waals surface area contributed by atoms with E-state index in [2.05, 4.69) is 21.4 Å². The molecule has 1 saturated carbocycles. The second-order valence-corrected chi connectivity index (χ2v) is 9.63. The molecule has 32 heavy (non-hydrogen) atoms. The Morgan fingerprint density at radius 3 is 2.78 bits per heavy atom. The van der Waals surface area contributed by atoms with Crippen molar-refractivity contribution in [2.24, 2.45) is 11.3 Å². The van der Waals surface area contributed by atoms with Crippen molar-refractivity contribution in [2.45, 2.75) is 72.1 Å². The fourth-order valence-corrected chi connectivity index (χ4v) is 4.42. The molecular weight excluding hydrogens is 404 g/mol. The molecule has 0 spiro atoms. The van der Waals surface area contributed by atoms with E-state index in [-0.39, 0.29) is 18.7 Å². The van der Waals surface area contributed by atoms with Crippen LogP contribution in [0.25, 0.3) is 22.2 Å². The van der Waals surface area contributed by atoms with Crippen LogP contribution in [-0.4, -0.2) is 30.5 Å². The molecule has 168 valence electrons. The fourth-order valence-electron chi connectivity index (χ4n) is 4.42. The van der Waals surface area contributed by atoms with Gasteiger partial charge in [0.1, 0.15) is 0 Å². The maximum Gasteiger partial charge on any atom is 0.312 e. The van der Waals surface area contributed by atoms with Crippen LogP contribution in [0.3, 0.4) is 0 Å². The number of nitrogens with zero attached hydrogens (tertiary/aromatic N) is 6. The molecule has 8 heteroatoms. The normalized spacial score (nSPS) is 16.1. The van der Waals surface area contributed by atoms with Gasteiger partial charge in [-0.15, -0.1) is 5.10 Å². The molecule has 0 radical (unpaired) electrons. The summed E-state index contributed by atoms with van der Waals surface area (Å²) in [5.41, 5.74) is 1.94. The number of esters is 1. The highest BCUT2D eigenvalue weighted by Crippen LogP contribution is 2.36. The standard InChI is InChI=1S/C24H30N6O2/c1-24(2,3)23(31)32-16-29-12-10-19-20(14-26-28-22(19)29)18-13-27-30(15-18)21(9-11-25)17-7-5-4-6-8-17/h10,12-15,17,21H,4-9,16H2,1-3H3. The lowest BCUT2D eigenvalue weighted by atomic mass is 9.83. The van der Waals surface area contributed by atoms with Crippen molar-refractivity contribution >= 4 is 17.0 Å². The third-order valence-electron chi connectivity index (χ3n) is 6.26. The molecule has 0 aromatic carbocycles. The quantitative estimate of drug-likeness (QED) is 0.513. The van der Waals surface area contributed by atoms with Crippen LogP contribution < -0.4 is 0 Å². The van der Waals surface area contributed by atoms with Gasteiger partial charge in [0, 0.05) is 28.9 Å². The first kappa shape index (κ1) is 22.0. The summed E-state index contributed by atoms with van der Waals surface area (Å²) < 4.78 is 9.18. The molecule has 8 nitrogen and oxygen atoms in total. The van der Waals surface area contributed by atoms with Crippen molar-refractivity contribution in [3.05, 3.63) is 30.9 Å². The number of carbonyl (C=O) groups excluding carboxylic acids is 1. The summed E-state index contributed by atoms with van der Waals surface area (Å²) in [6.45, 7) is 5.56. The molecule has 1 aliphatic rings. The van der Waals surface area contributed by atoms with Gasteiger partial charge in [-0.1, -0.05) is 19.3 Å². The summed E-state index contributed by atoms with van der Waals surface area (Å²) in [6.07, 6.45) is 13.9. The molecule has 4 rings (SSSR count). The van der Waals surface area contributed by atoms with E-state index in [1.54, 1.807) is 10.8 Å². The molecule has 3 aromatic rings. The maximum atomic E-state index is 12.1. The highest BCUT2D eigenvalue weighted by atomic mass is 16.5. The second-order valence-electron chi connectivity index (χ2n) is 9.63. The number of ether oxygens (including phenoxy) is 1. The van der Waals surface area contributed by atoms with Gasteiger partial charge in [0.25, 0.3) is 0 Å². The average Bonchev–Trinajstić information content (AvgIpc) is 3.43. The summed E-state index contributed by atoms with van der Waals surface area (Å²) in [7, 11) is 0. The van der Waals surface area contributed by atoms with E-state index in [1.165, 1.54) is 19.3 Å². The molecule has 3 aromatic heterocycles. The lowest BCUT2D eigenvalue weighted by molar-refractivity contribution is -0.156. The Balaban J connectivity index is 1.59. The molecule has 0 aliphatic heterocycles. The van der Waals surface area contributed by atoms with E-state index in [0.717, 1.165) is 29.4 Å². The zero-order valence-corrected chi connectivity index (χ0v) is 19.0. The Morgan fingerprint density at radius 2 is 2.06 bits per heavy atom. The molecule has 1 fully saturated rings. The van der Waals surface area contributed by atoms with Gasteiger partial charge in [-0.2, -0.15) is 15.5 Å². The predicted molar refractivity (Wildman–Crippen MR) is 120 cm³/mol. The number of aromatic nitrogens is 5. The maximum absolute atomic E-state index is 12.1. The van der Waals surface area contributed by atoms with Crippen LogP contribution in [-0.2, 0) is 16.3 Å². The summed E-state index contributed by atoms with van der Waals surface area (Å²) in [5.74, 6) is 0.223. The van der Waals surface area contributed by atoms with E-state index in [4.69, 9.17) is 4.74 Å². The second kappa shape index (κ2) is 9.11. The zero-order valence-electron chi connectivity index (χ0n) is 19.0. The third-order valence-corrected chi connectivity index (χ3v) is 6.26. The highest BCUT2D eigenvalue weighted by Gasteiger charge is 2.26. The van der Waals surface area contributed by atoms with Crippen molar-refractivity contribution in [1.82, 2.24) is 24.5 Å². The highest BCUT2D eigenvalue weighted by molar-refractivity contribution is 5.92. The van der Waals surface area contributed by atoms with Crippen LogP contribution in [0, 0.1) is 22.7 Å². The number of nitriles is 1. The molecule has 0 amide bonds. The summed E-state index contributed by atoms with van der Waals surface area (Å²) in [6, 6.07) is 4.40.